The van der Waals surface area contributed by atoms with E-state index in [0.29, 0.717) is 42.7 Å². The van der Waals surface area contributed by atoms with Gasteiger partial charge in [0.25, 0.3) is 11.8 Å². The molecule has 1 aromatic heterocycles. The fourth-order valence-electron chi connectivity index (χ4n) is 2.87. The third kappa shape index (κ3) is 3.88. The Bertz CT molecular complexity index is 780. The number of aliphatic carboxylic acids is 1. The van der Waals surface area contributed by atoms with Gasteiger partial charge in [-0.05, 0) is 36.4 Å². The standard InChI is InChI=1S/C18H18N2O4S/c21-16(13-7-10-25-11-13)19-15-4-2-1-3-14(15)17(22)20-8-5-12(6-9-20)18(23)24/h1-4,7,10-12H,5-6,8-9H2,(H,19,21)(H,23,24). The van der Waals surface area contributed by atoms with Gasteiger partial charge in [-0.15, -0.1) is 0 Å². The molecule has 0 saturated carbocycles. The summed E-state index contributed by atoms with van der Waals surface area (Å²) < 4.78 is 0. The number of para-hydroxylation sites is 1. The number of rotatable bonds is 4. The van der Waals surface area contributed by atoms with Crippen molar-refractivity contribution in [3.63, 3.8) is 0 Å². The Morgan fingerprint density at radius 1 is 1.12 bits per heavy atom. The molecule has 1 aliphatic heterocycles. The molecule has 6 nitrogen and oxygen atoms in total. The van der Waals surface area contributed by atoms with Crippen LogP contribution in [0.4, 0.5) is 5.69 Å². The van der Waals surface area contributed by atoms with Crippen molar-refractivity contribution in [1.82, 2.24) is 4.90 Å². The summed E-state index contributed by atoms with van der Waals surface area (Å²) in [6, 6.07) is 8.60. The summed E-state index contributed by atoms with van der Waals surface area (Å²) in [4.78, 5) is 37.7. The van der Waals surface area contributed by atoms with E-state index >= 15 is 0 Å². The van der Waals surface area contributed by atoms with Gasteiger partial charge < -0.3 is 15.3 Å². The molecule has 0 unspecified atom stereocenters. The molecule has 2 aromatic rings. The number of carbonyl (C=O) groups excluding carboxylic acids is 2. The van der Waals surface area contributed by atoms with Crippen molar-refractivity contribution in [1.29, 1.82) is 0 Å². The number of carboxylic acids is 1. The number of hydrogen-bond donors (Lipinski definition) is 2. The molecule has 3 rings (SSSR count). The highest BCUT2D eigenvalue weighted by atomic mass is 32.1. The topological polar surface area (TPSA) is 86.7 Å². The number of piperidine rings is 1. The zero-order valence-corrected chi connectivity index (χ0v) is 14.3. The van der Waals surface area contributed by atoms with Crippen LogP contribution in [-0.4, -0.2) is 40.9 Å². The monoisotopic (exact) mass is 358 g/mol. The lowest BCUT2D eigenvalue weighted by Gasteiger charge is -2.30. The normalized spacial score (nSPS) is 15.0. The fraction of sp³-hybridized carbons (Fsp3) is 0.278. The van der Waals surface area contributed by atoms with E-state index in [1.54, 1.807) is 40.6 Å². The number of carboxylic acid groups (broad SMARTS) is 1. The largest absolute Gasteiger partial charge is 0.481 e. The minimum atomic E-state index is -0.810. The van der Waals surface area contributed by atoms with Gasteiger partial charge in [0.15, 0.2) is 0 Å². The average molecular weight is 358 g/mol. The lowest BCUT2D eigenvalue weighted by molar-refractivity contribution is -0.143. The fourth-order valence-corrected chi connectivity index (χ4v) is 3.50. The first-order valence-corrected chi connectivity index (χ1v) is 8.95. The van der Waals surface area contributed by atoms with Gasteiger partial charge >= 0.3 is 5.97 Å². The number of likely N-dealkylation sites (tertiary alicyclic amines) is 1. The Hall–Kier alpha value is -2.67. The molecule has 1 fully saturated rings. The summed E-state index contributed by atoms with van der Waals surface area (Å²) in [5, 5.41) is 15.4. The van der Waals surface area contributed by atoms with E-state index in [-0.39, 0.29) is 11.8 Å². The van der Waals surface area contributed by atoms with Crippen LogP contribution in [0, 0.1) is 5.92 Å². The second-order valence-corrected chi connectivity index (χ2v) is 6.70. The van der Waals surface area contributed by atoms with Crippen molar-refractivity contribution < 1.29 is 19.5 Å². The number of nitrogens with one attached hydrogen (secondary N) is 1. The SMILES string of the molecule is O=C(Nc1ccccc1C(=O)N1CCC(C(=O)O)CC1)c1ccsc1. The van der Waals surface area contributed by atoms with Gasteiger partial charge in [0.05, 0.1) is 22.7 Å². The van der Waals surface area contributed by atoms with Crippen LogP contribution in [0.2, 0.25) is 0 Å². The molecule has 0 atom stereocenters. The highest BCUT2D eigenvalue weighted by molar-refractivity contribution is 7.08. The summed E-state index contributed by atoms with van der Waals surface area (Å²) in [6.07, 6.45) is 0.898. The second kappa shape index (κ2) is 7.48. The molecule has 25 heavy (non-hydrogen) atoms. The van der Waals surface area contributed by atoms with E-state index in [4.69, 9.17) is 5.11 Å². The summed E-state index contributed by atoms with van der Waals surface area (Å²) in [5.41, 5.74) is 1.43. The van der Waals surface area contributed by atoms with Crippen molar-refractivity contribution in [2.45, 2.75) is 12.8 Å². The first-order valence-electron chi connectivity index (χ1n) is 8.01. The van der Waals surface area contributed by atoms with E-state index in [1.165, 1.54) is 11.3 Å². The number of hydrogen-bond acceptors (Lipinski definition) is 4. The summed E-state index contributed by atoms with van der Waals surface area (Å²) in [6.45, 7) is 0.811. The number of benzene rings is 1. The van der Waals surface area contributed by atoms with Crippen molar-refractivity contribution in [2.24, 2.45) is 5.92 Å². The molecule has 1 saturated heterocycles. The Balaban J connectivity index is 1.73. The van der Waals surface area contributed by atoms with E-state index in [0.717, 1.165) is 0 Å². The zero-order valence-electron chi connectivity index (χ0n) is 13.5. The second-order valence-electron chi connectivity index (χ2n) is 5.92. The third-order valence-electron chi connectivity index (χ3n) is 4.32. The van der Waals surface area contributed by atoms with Gasteiger partial charge in [0.1, 0.15) is 0 Å². The smallest absolute Gasteiger partial charge is 0.306 e. The van der Waals surface area contributed by atoms with Crippen molar-refractivity contribution in [3.8, 4) is 0 Å². The molecular weight excluding hydrogens is 340 g/mol. The molecule has 7 heteroatoms. The summed E-state index contributed by atoms with van der Waals surface area (Å²) in [7, 11) is 0. The minimum Gasteiger partial charge on any atom is -0.481 e. The molecule has 2 heterocycles. The molecule has 1 aromatic carbocycles. The molecule has 1 aliphatic rings. The molecule has 0 spiro atoms. The van der Waals surface area contributed by atoms with E-state index < -0.39 is 11.9 Å². The lowest BCUT2D eigenvalue weighted by Crippen LogP contribution is -2.40. The number of nitrogens with zero attached hydrogens (tertiary/aromatic N) is 1. The van der Waals surface area contributed by atoms with Gasteiger partial charge in [0, 0.05) is 18.5 Å². The van der Waals surface area contributed by atoms with Crippen molar-refractivity contribution in [2.75, 3.05) is 18.4 Å². The third-order valence-corrected chi connectivity index (χ3v) is 5.00. The zero-order chi connectivity index (χ0) is 17.8. The average Bonchev–Trinajstić information content (AvgIpc) is 3.16. The van der Waals surface area contributed by atoms with Gasteiger partial charge in [-0.1, -0.05) is 12.1 Å². The first kappa shape index (κ1) is 17.2. The Labute approximate surface area is 149 Å². The predicted octanol–water partition coefficient (Wildman–Crippen LogP) is 2.94. The van der Waals surface area contributed by atoms with Crippen LogP contribution >= 0.6 is 11.3 Å². The lowest BCUT2D eigenvalue weighted by atomic mass is 9.96. The van der Waals surface area contributed by atoms with Crippen LogP contribution in [-0.2, 0) is 4.79 Å². The molecule has 2 amide bonds. The van der Waals surface area contributed by atoms with Crippen LogP contribution in [0.3, 0.4) is 0 Å². The highest BCUT2D eigenvalue weighted by Crippen LogP contribution is 2.23. The van der Waals surface area contributed by atoms with Gasteiger partial charge in [-0.3, -0.25) is 14.4 Å². The minimum absolute atomic E-state index is 0.190. The Kier molecular flexibility index (Phi) is 5.14. The summed E-state index contributed by atoms with van der Waals surface area (Å²) >= 11 is 1.43. The van der Waals surface area contributed by atoms with Crippen LogP contribution in [0.15, 0.2) is 41.1 Å². The summed E-state index contributed by atoms with van der Waals surface area (Å²) in [5.74, 6) is -1.65. The Morgan fingerprint density at radius 3 is 2.48 bits per heavy atom. The van der Waals surface area contributed by atoms with Crippen LogP contribution in [0.5, 0.6) is 0 Å². The number of carbonyl (C=O) groups is 3. The molecule has 0 radical (unpaired) electrons. The van der Waals surface area contributed by atoms with Gasteiger partial charge in [0.2, 0.25) is 0 Å². The number of amides is 2. The molecule has 0 aliphatic carbocycles. The molecule has 0 bridgehead atoms. The van der Waals surface area contributed by atoms with Gasteiger partial charge in [-0.25, -0.2) is 0 Å². The van der Waals surface area contributed by atoms with Crippen LogP contribution < -0.4 is 5.32 Å². The maximum absolute atomic E-state index is 12.8. The highest BCUT2D eigenvalue weighted by Gasteiger charge is 2.28. The molecule has 2 N–H and O–H groups in total. The molecular formula is C18H18N2O4S. The van der Waals surface area contributed by atoms with Crippen molar-refractivity contribution in [3.05, 3.63) is 52.2 Å². The maximum Gasteiger partial charge on any atom is 0.306 e. The number of anilines is 1. The predicted molar refractivity (Wildman–Crippen MR) is 95.0 cm³/mol. The maximum atomic E-state index is 12.8. The first-order chi connectivity index (χ1) is 12.1. The number of thiophene rings is 1. The molecule has 130 valence electrons. The van der Waals surface area contributed by atoms with E-state index in [9.17, 15) is 14.4 Å². The Morgan fingerprint density at radius 2 is 1.84 bits per heavy atom. The quantitative estimate of drug-likeness (QED) is 0.880. The van der Waals surface area contributed by atoms with Crippen molar-refractivity contribution >= 4 is 34.8 Å². The van der Waals surface area contributed by atoms with Gasteiger partial charge in [-0.2, -0.15) is 11.3 Å². The van der Waals surface area contributed by atoms with E-state index in [2.05, 4.69) is 5.32 Å². The van der Waals surface area contributed by atoms with E-state index in [1.807, 2.05) is 5.38 Å². The van der Waals surface area contributed by atoms with Crippen LogP contribution in [0.1, 0.15) is 33.6 Å². The van der Waals surface area contributed by atoms with Crippen LogP contribution in [0.25, 0.3) is 0 Å².